The van der Waals surface area contributed by atoms with Crippen molar-refractivity contribution < 1.29 is 9.53 Å². The van der Waals surface area contributed by atoms with E-state index in [0.717, 1.165) is 12.0 Å². The molecule has 1 atom stereocenters. The van der Waals surface area contributed by atoms with E-state index in [9.17, 15) is 4.79 Å². The summed E-state index contributed by atoms with van der Waals surface area (Å²) >= 11 is 0. The van der Waals surface area contributed by atoms with E-state index in [1.165, 1.54) is 0 Å². The number of hydrogen-bond donors (Lipinski definition) is 1. The lowest BCUT2D eigenvalue weighted by Gasteiger charge is -2.10. The fraction of sp³-hybridized carbons (Fsp3) is 0.417. The number of benzene rings is 1. The maximum Gasteiger partial charge on any atom is 0.310 e. The third-order valence-corrected chi connectivity index (χ3v) is 2.24. The van der Waals surface area contributed by atoms with Gasteiger partial charge in [-0.25, -0.2) is 0 Å². The third kappa shape index (κ3) is 4.02. The van der Waals surface area contributed by atoms with E-state index in [1.54, 1.807) is 12.1 Å². The number of hydrogen-bond acceptors (Lipinski definition) is 3. The zero-order chi connectivity index (χ0) is 11.3. The van der Waals surface area contributed by atoms with Crippen LogP contribution in [0, 0.1) is 0 Å². The number of rotatable bonds is 4. The van der Waals surface area contributed by atoms with Crippen LogP contribution in [0.4, 0.5) is 5.69 Å². The number of carbonyl (C=O) groups excluding carboxylic acids is 1. The van der Waals surface area contributed by atoms with E-state index in [4.69, 9.17) is 10.5 Å². The summed E-state index contributed by atoms with van der Waals surface area (Å²) in [5.41, 5.74) is 7.17. The normalized spacial score (nSPS) is 12.1. The van der Waals surface area contributed by atoms with Crippen molar-refractivity contribution in [2.75, 3.05) is 5.73 Å². The summed E-state index contributed by atoms with van der Waals surface area (Å²) < 4.78 is 5.16. The van der Waals surface area contributed by atoms with Gasteiger partial charge in [0.15, 0.2) is 0 Å². The van der Waals surface area contributed by atoms with Gasteiger partial charge in [0.25, 0.3) is 0 Å². The van der Waals surface area contributed by atoms with E-state index >= 15 is 0 Å². The molecule has 0 aliphatic carbocycles. The Hall–Kier alpha value is -1.51. The van der Waals surface area contributed by atoms with Gasteiger partial charge in [0.1, 0.15) is 0 Å². The van der Waals surface area contributed by atoms with Gasteiger partial charge in [-0.1, -0.05) is 19.1 Å². The predicted octanol–water partition coefficient (Wildman–Crippen LogP) is 2.15. The van der Waals surface area contributed by atoms with Crippen LogP contribution < -0.4 is 5.73 Å². The van der Waals surface area contributed by atoms with Crippen molar-refractivity contribution in [3.63, 3.8) is 0 Å². The van der Waals surface area contributed by atoms with Crippen molar-refractivity contribution in [3.05, 3.63) is 29.8 Å². The van der Waals surface area contributed by atoms with Crippen LogP contribution in [0.15, 0.2) is 24.3 Å². The third-order valence-electron chi connectivity index (χ3n) is 2.24. The van der Waals surface area contributed by atoms with Crippen LogP contribution in [0.3, 0.4) is 0 Å². The second-order valence-corrected chi connectivity index (χ2v) is 3.63. The highest BCUT2D eigenvalue weighted by atomic mass is 16.5. The summed E-state index contributed by atoms with van der Waals surface area (Å²) in [5, 5.41) is 0. The monoisotopic (exact) mass is 207 g/mol. The van der Waals surface area contributed by atoms with Gasteiger partial charge in [0.05, 0.1) is 12.5 Å². The summed E-state index contributed by atoms with van der Waals surface area (Å²) in [6.45, 7) is 3.88. The van der Waals surface area contributed by atoms with Gasteiger partial charge in [0, 0.05) is 5.69 Å². The van der Waals surface area contributed by atoms with Crippen LogP contribution in [0.5, 0.6) is 0 Å². The summed E-state index contributed by atoms with van der Waals surface area (Å²) in [6, 6.07) is 7.25. The topological polar surface area (TPSA) is 52.3 Å². The molecule has 3 heteroatoms. The number of nitrogens with two attached hydrogens (primary N) is 1. The van der Waals surface area contributed by atoms with Crippen molar-refractivity contribution in [2.24, 2.45) is 0 Å². The highest BCUT2D eigenvalue weighted by molar-refractivity contribution is 5.72. The number of esters is 1. The van der Waals surface area contributed by atoms with E-state index in [1.807, 2.05) is 26.0 Å². The van der Waals surface area contributed by atoms with Crippen molar-refractivity contribution in [2.45, 2.75) is 32.8 Å². The average Bonchev–Trinajstić information content (AvgIpc) is 2.21. The SMILES string of the molecule is CCC(C)OC(=O)Cc1ccc(N)cc1. The smallest absolute Gasteiger partial charge is 0.310 e. The Morgan fingerprint density at radius 3 is 2.53 bits per heavy atom. The molecule has 3 nitrogen and oxygen atoms in total. The molecule has 1 rings (SSSR count). The van der Waals surface area contributed by atoms with Crippen molar-refractivity contribution in [1.82, 2.24) is 0 Å². The lowest BCUT2D eigenvalue weighted by Crippen LogP contribution is -2.15. The Kier molecular flexibility index (Phi) is 4.16. The van der Waals surface area contributed by atoms with Gasteiger partial charge in [-0.15, -0.1) is 0 Å². The molecule has 0 aliphatic heterocycles. The predicted molar refractivity (Wildman–Crippen MR) is 60.4 cm³/mol. The minimum absolute atomic E-state index is 0.00807. The molecule has 0 radical (unpaired) electrons. The summed E-state index contributed by atoms with van der Waals surface area (Å²) in [7, 11) is 0. The minimum Gasteiger partial charge on any atom is -0.462 e. The summed E-state index contributed by atoms with van der Waals surface area (Å²) in [4.78, 5) is 11.4. The lowest BCUT2D eigenvalue weighted by atomic mass is 10.1. The average molecular weight is 207 g/mol. The van der Waals surface area contributed by atoms with Gasteiger partial charge in [-0.05, 0) is 31.0 Å². The molecule has 0 saturated carbocycles. The highest BCUT2D eigenvalue weighted by Crippen LogP contribution is 2.07. The summed E-state index contributed by atoms with van der Waals surface area (Å²) in [6.07, 6.45) is 1.14. The number of carbonyl (C=O) groups is 1. The molecule has 0 heterocycles. The van der Waals surface area contributed by atoms with Gasteiger partial charge in [-0.2, -0.15) is 0 Å². The molecule has 1 aromatic rings. The second kappa shape index (κ2) is 5.39. The van der Waals surface area contributed by atoms with Crippen LogP contribution in [-0.4, -0.2) is 12.1 Å². The van der Waals surface area contributed by atoms with E-state index in [0.29, 0.717) is 12.1 Å². The molecule has 0 amide bonds. The fourth-order valence-electron chi connectivity index (χ4n) is 1.15. The van der Waals surface area contributed by atoms with Crippen LogP contribution >= 0.6 is 0 Å². The molecule has 1 unspecified atom stereocenters. The molecule has 2 N–H and O–H groups in total. The molecule has 0 spiro atoms. The molecular weight excluding hydrogens is 190 g/mol. The molecular formula is C12H17NO2. The van der Waals surface area contributed by atoms with E-state index in [-0.39, 0.29) is 12.1 Å². The standard InChI is InChI=1S/C12H17NO2/c1-3-9(2)15-12(14)8-10-4-6-11(13)7-5-10/h4-7,9H,3,8,13H2,1-2H3. The van der Waals surface area contributed by atoms with Crippen LogP contribution in [0.25, 0.3) is 0 Å². The maximum atomic E-state index is 11.4. The van der Waals surface area contributed by atoms with Gasteiger partial charge in [0.2, 0.25) is 0 Å². The molecule has 0 bridgehead atoms. The number of anilines is 1. The van der Waals surface area contributed by atoms with Crippen molar-refractivity contribution in [3.8, 4) is 0 Å². The Balaban J connectivity index is 2.48. The second-order valence-electron chi connectivity index (χ2n) is 3.63. The molecule has 0 aliphatic rings. The molecule has 15 heavy (non-hydrogen) atoms. The van der Waals surface area contributed by atoms with Gasteiger partial charge in [-0.3, -0.25) is 4.79 Å². The molecule has 0 fully saturated rings. The summed E-state index contributed by atoms with van der Waals surface area (Å²) in [5.74, 6) is -0.186. The first kappa shape index (κ1) is 11.6. The zero-order valence-corrected chi connectivity index (χ0v) is 9.19. The van der Waals surface area contributed by atoms with Crippen LogP contribution in [0.2, 0.25) is 0 Å². The Bertz CT molecular complexity index is 319. The highest BCUT2D eigenvalue weighted by Gasteiger charge is 2.08. The maximum absolute atomic E-state index is 11.4. The van der Waals surface area contributed by atoms with Crippen molar-refractivity contribution in [1.29, 1.82) is 0 Å². The molecule has 82 valence electrons. The molecule has 0 aromatic heterocycles. The Morgan fingerprint density at radius 2 is 2.00 bits per heavy atom. The van der Waals surface area contributed by atoms with Gasteiger partial charge >= 0.3 is 5.97 Å². The first-order valence-corrected chi connectivity index (χ1v) is 5.15. The minimum atomic E-state index is -0.186. The quantitative estimate of drug-likeness (QED) is 0.608. The van der Waals surface area contributed by atoms with Crippen LogP contribution in [0.1, 0.15) is 25.8 Å². The van der Waals surface area contributed by atoms with E-state index in [2.05, 4.69) is 0 Å². The zero-order valence-electron chi connectivity index (χ0n) is 9.19. The Labute approximate surface area is 90.2 Å². The molecule has 0 saturated heterocycles. The lowest BCUT2D eigenvalue weighted by molar-refractivity contribution is -0.147. The van der Waals surface area contributed by atoms with E-state index < -0.39 is 0 Å². The number of ether oxygens (including phenoxy) is 1. The Morgan fingerprint density at radius 1 is 1.40 bits per heavy atom. The first-order valence-electron chi connectivity index (χ1n) is 5.15. The van der Waals surface area contributed by atoms with Gasteiger partial charge < -0.3 is 10.5 Å². The number of nitrogen functional groups attached to an aromatic ring is 1. The molecule has 1 aromatic carbocycles. The van der Waals surface area contributed by atoms with Crippen molar-refractivity contribution >= 4 is 11.7 Å². The van der Waals surface area contributed by atoms with Crippen LogP contribution in [-0.2, 0) is 16.0 Å². The largest absolute Gasteiger partial charge is 0.462 e. The fourth-order valence-corrected chi connectivity index (χ4v) is 1.15. The first-order chi connectivity index (χ1) is 7.11.